The summed E-state index contributed by atoms with van der Waals surface area (Å²) in [6.45, 7) is 2.59. The maximum absolute atomic E-state index is 12.1. The Kier molecular flexibility index (Phi) is 5.68. The van der Waals surface area contributed by atoms with Crippen molar-refractivity contribution < 1.29 is 17.9 Å². The number of aromatic nitrogens is 2. The average molecular weight is 406 g/mol. The molecule has 3 N–H and O–H groups in total. The van der Waals surface area contributed by atoms with Gasteiger partial charge in [0.15, 0.2) is 0 Å². The molecule has 0 unspecified atom stereocenters. The van der Waals surface area contributed by atoms with Crippen LogP contribution in [-0.2, 0) is 21.2 Å². The van der Waals surface area contributed by atoms with Gasteiger partial charge >= 0.3 is 5.97 Å². The summed E-state index contributed by atoms with van der Waals surface area (Å²) in [5, 5.41) is 10.7. The van der Waals surface area contributed by atoms with Crippen LogP contribution < -0.4 is 10.5 Å². The van der Waals surface area contributed by atoms with Gasteiger partial charge in [-0.25, -0.2) is 28.3 Å². The molecule has 0 bridgehead atoms. The second-order valence-corrected chi connectivity index (χ2v) is 8.06. The minimum atomic E-state index is -3.69. The number of fused-ring (bicyclic) bond motifs is 1. The molecule has 27 heavy (non-hydrogen) atoms. The number of thiophene rings is 1. The van der Waals surface area contributed by atoms with Crippen molar-refractivity contribution in [3.63, 3.8) is 0 Å². The lowest BCUT2D eigenvalue weighted by Crippen LogP contribution is -2.12. The molecule has 2 heterocycles. The molecule has 8 nitrogen and oxygen atoms in total. The van der Waals surface area contributed by atoms with Crippen LogP contribution in [0.4, 0.5) is 5.82 Å². The lowest BCUT2D eigenvalue weighted by molar-refractivity contribution is 0.0529. The summed E-state index contributed by atoms with van der Waals surface area (Å²) in [7, 11) is -3.69. The highest BCUT2D eigenvalue weighted by Gasteiger charge is 2.18. The molecule has 0 spiro atoms. The summed E-state index contributed by atoms with van der Waals surface area (Å²) in [5.74, 6) is 0.158. The third-order valence-electron chi connectivity index (χ3n) is 3.82. The number of hydrogen-bond acceptors (Lipinski definition) is 8. The van der Waals surface area contributed by atoms with E-state index in [1.807, 2.05) is 0 Å². The smallest absolute Gasteiger partial charge is 0.339 e. The first-order chi connectivity index (χ1) is 12.9. The highest BCUT2D eigenvalue weighted by molar-refractivity contribution is 7.89. The van der Waals surface area contributed by atoms with Gasteiger partial charge in [-0.3, -0.25) is 0 Å². The lowest BCUT2D eigenvalue weighted by Gasteiger charge is -2.08. The molecule has 1 aromatic carbocycles. The van der Waals surface area contributed by atoms with E-state index in [2.05, 4.69) is 15.3 Å². The largest absolute Gasteiger partial charge is 0.462 e. The van der Waals surface area contributed by atoms with Crippen molar-refractivity contribution in [3.05, 3.63) is 47.1 Å². The molecule has 3 rings (SSSR count). The van der Waals surface area contributed by atoms with Crippen LogP contribution in [-0.4, -0.2) is 37.5 Å². The summed E-state index contributed by atoms with van der Waals surface area (Å²) < 4.78 is 27.7. The molecule has 0 aliphatic heterocycles. The monoisotopic (exact) mass is 406 g/mol. The van der Waals surface area contributed by atoms with Crippen molar-refractivity contribution in [2.75, 3.05) is 18.5 Å². The maximum Gasteiger partial charge on any atom is 0.339 e. The fourth-order valence-corrected chi connectivity index (χ4v) is 3.93. The van der Waals surface area contributed by atoms with E-state index in [0.717, 1.165) is 5.56 Å². The number of carbonyl (C=O) groups is 1. The fourth-order valence-electron chi connectivity index (χ4n) is 2.54. The van der Waals surface area contributed by atoms with E-state index in [-0.39, 0.29) is 4.90 Å². The molecular formula is C17H18N4O4S2. The summed E-state index contributed by atoms with van der Waals surface area (Å²) in [5.41, 5.74) is 1.38. The Morgan fingerprint density at radius 1 is 1.26 bits per heavy atom. The number of rotatable bonds is 7. The molecule has 0 fully saturated rings. The molecule has 0 atom stereocenters. The zero-order chi connectivity index (χ0) is 19.4. The second kappa shape index (κ2) is 7.99. The lowest BCUT2D eigenvalue weighted by atomic mass is 10.1. The Balaban J connectivity index is 1.73. The zero-order valence-corrected chi connectivity index (χ0v) is 16.1. The van der Waals surface area contributed by atoms with Crippen molar-refractivity contribution in [1.82, 2.24) is 9.97 Å². The number of primary sulfonamides is 1. The Labute approximate surface area is 160 Å². The standard InChI is InChI=1S/C17H18N4O4S2/c1-2-25-17(22)13-9-26-16-14(13)15(20-10-21-16)19-8-7-11-3-5-12(6-4-11)27(18,23)24/h3-6,9-10H,2,7-8H2,1H3,(H2,18,23,24)(H,19,20,21). The van der Waals surface area contributed by atoms with Crippen LogP contribution >= 0.6 is 11.3 Å². The van der Waals surface area contributed by atoms with Gasteiger partial charge in [0.1, 0.15) is 17.0 Å². The van der Waals surface area contributed by atoms with Gasteiger partial charge in [0, 0.05) is 11.9 Å². The molecule has 0 radical (unpaired) electrons. The molecule has 0 amide bonds. The number of esters is 1. The van der Waals surface area contributed by atoms with Crippen LogP contribution in [0.1, 0.15) is 22.8 Å². The quantitative estimate of drug-likeness (QED) is 0.576. The number of carbonyl (C=O) groups excluding carboxylic acids is 1. The van der Waals surface area contributed by atoms with Gasteiger partial charge in [-0.2, -0.15) is 0 Å². The molecule has 0 saturated carbocycles. The van der Waals surface area contributed by atoms with E-state index in [9.17, 15) is 13.2 Å². The molecule has 3 aromatic rings. The Morgan fingerprint density at radius 3 is 2.67 bits per heavy atom. The summed E-state index contributed by atoms with van der Waals surface area (Å²) >= 11 is 1.36. The van der Waals surface area contributed by atoms with Crippen LogP contribution in [0, 0.1) is 0 Å². The minimum absolute atomic E-state index is 0.0778. The van der Waals surface area contributed by atoms with E-state index in [1.165, 1.54) is 29.8 Å². The van der Waals surface area contributed by atoms with Gasteiger partial charge in [-0.1, -0.05) is 12.1 Å². The normalized spacial score (nSPS) is 11.5. The molecule has 2 aromatic heterocycles. The second-order valence-electron chi connectivity index (χ2n) is 5.64. The van der Waals surface area contributed by atoms with Gasteiger partial charge in [0.2, 0.25) is 10.0 Å². The van der Waals surface area contributed by atoms with Crippen LogP contribution in [0.3, 0.4) is 0 Å². The van der Waals surface area contributed by atoms with E-state index >= 15 is 0 Å². The number of hydrogen-bond donors (Lipinski definition) is 2. The maximum atomic E-state index is 12.1. The van der Waals surface area contributed by atoms with Crippen molar-refractivity contribution in [2.45, 2.75) is 18.2 Å². The highest BCUT2D eigenvalue weighted by Crippen LogP contribution is 2.29. The minimum Gasteiger partial charge on any atom is -0.462 e. The number of anilines is 1. The van der Waals surface area contributed by atoms with Gasteiger partial charge in [0.25, 0.3) is 0 Å². The molecule has 0 saturated heterocycles. The fraction of sp³-hybridized carbons (Fsp3) is 0.235. The van der Waals surface area contributed by atoms with Gasteiger partial charge in [-0.05, 0) is 31.0 Å². The molecule has 0 aliphatic carbocycles. The van der Waals surface area contributed by atoms with Crippen LogP contribution in [0.25, 0.3) is 10.2 Å². The summed E-state index contributed by atoms with van der Waals surface area (Å²) in [6.07, 6.45) is 2.08. The molecule has 142 valence electrons. The summed E-state index contributed by atoms with van der Waals surface area (Å²) in [6, 6.07) is 6.38. The number of ether oxygens (including phenoxy) is 1. The Morgan fingerprint density at radius 2 is 2.00 bits per heavy atom. The third-order valence-corrected chi connectivity index (χ3v) is 5.64. The molecule has 0 aliphatic rings. The Hall–Kier alpha value is -2.56. The molecule has 10 heteroatoms. The van der Waals surface area contributed by atoms with Crippen molar-refractivity contribution in [1.29, 1.82) is 0 Å². The summed E-state index contributed by atoms with van der Waals surface area (Å²) in [4.78, 5) is 21.3. The van der Waals surface area contributed by atoms with Crippen molar-refractivity contribution >= 4 is 43.4 Å². The number of nitrogens with one attached hydrogen (secondary N) is 1. The van der Waals surface area contributed by atoms with E-state index in [0.29, 0.717) is 41.2 Å². The van der Waals surface area contributed by atoms with Crippen molar-refractivity contribution in [3.8, 4) is 0 Å². The van der Waals surface area contributed by atoms with Crippen molar-refractivity contribution in [2.24, 2.45) is 5.14 Å². The first-order valence-corrected chi connectivity index (χ1v) is 10.6. The van der Waals surface area contributed by atoms with Crippen LogP contribution in [0.5, 0.6) is 0 Å². The van der Waals surface area contributed by atoms with E-state index in [1.54, 1.807) is 24.4 Å². The third kappa shape index (κ3) is 4.41. The predicted molar refractivity (Wildman–Crippen MR) is 103 cm³/mol. The van der Waals surface area contributed by atoms with E-state index in [4.69, 9.17) is 9.88 Å². The number of sulfonamides is 1. The number of nitrogens with zero attached hydrogens (tertiary/aromatic N) is 2. The predicted octanol–water partition coefficient (Wildman–Crippen LogP) is 2.17. The van der Waals surface area contributed by atoms with Crippen LogP contribution in [0.2, 0.25) is 0 Å². The average Bonchev–Trinajstić information content (AvgIpc) is 3.07. The number of nitrogens with two attached hydrogens (primary N) is 1. The van der Waals surface area contributed by atoms with Crippen LogP contribution in [0.15, 0.2) is 40.9 Å². The molecular weight excluding hydrogens is 388 g/mol. The number of benzene rings is 1. The van der Waals surface area contributed by atoms with Gasteiger partial charge < -0.3 is 10.1 Å². The van der Waals surface area contributed by atoms with Gasteiger partial charge in [0.05, 0.1) is 22.5 Å². The first kappa shape index (κ1) is 19.2. The topological polar surface area (TPSA) is 124 Å². The first-order valence-electron chi connectivity index (χ1n) is 8.15. The SMILES string of the molecule is CCOC(=O)c1csc2ncnc(NCCc3ccc(S(N)(=O)=O)cc3)c12. The highest BCUT2D eigenvalue weighted by atomic mass is 32.2. The zero-order valence-electron chi connectivity index (χ0n) is 14.5. The van der Waals surface area contributed by atoms with Gasteiger partial charge in [-0.15, -0.1) is 11.3 Å². The Bertz CT molecular complexity index is 1060. The van der Waals surface area contributed by atoms with E-state index < -0.39 is 16.0 Å².